The number of rotatable bonds is 6. The van der Waals surface area contributed by atoms with Crippen molar-refractivity contribution >= 4 is 33.6 Å². The zero-order valence-corrected chi connectivity index (χ0v) is 21.0. The first-order valence-corrected chi connectivity index (χ1v) is 11.3. The Bertz CT molecular complexity index is 1380. The topological polar surface area (TPSA) is 109 Å². The SMILES string of the molecule is COc1ccc(OC)c2c(C3C(=O)N(C)C(c4c[nH]c5c(OC)ccc(OC)c45)C(=O)N3C)c[nH]c12. The molecular formula is C26H28N4O6. The minimum Gasteiger partial charge on any atom is -0.496 e. The van der Waals surface area contributed by atoms with E-state index in [0.717, 1.165) is 0 Å². The molecule has 1 aliphatic heterocycles. The number of ether oxygens (including phenoxy) is 4. The fourth-order valence-electron chi connectivity index (χ4n) is 5.20. The molecule has 2 atom stereocenters. The van der Waals surface area contributed by atoms with Crippen molar-refractivity contribution in [2.45, 2.75) is 12.1 Å². The molecule has 0 radical (unpaired) electrons. The molecule has 10 nitrogen and oxygen atoms in total. The number of amides is 2. The van der Waals surface area contributed by atoms with Gasteiger partial charge in [-0.15, -0.1) is 0 Å². The molecule has 36 heavy (non-hydrogen) atoms. The molecule has 4 aromatic rings. The van der Waals surface area contributed by atoms with Gasteiger partial charge in [-0.3, -0.25) is 9.59 Å². The van der Waals surface area contributed by atoms with Crippen molar-refractivity contribution in [1.29, 1.82) is 0 Å². The number of fused-ring (bicyclic) bond motifs is 2. The second-order valence-electron chi connectivity index (χ2n) is 8.63. The molecule has 3 heterocycles. The Morgan fingerprint density at radius 1 is 0.611 bits per heavy atom. The summed E-state index contributed by atoms with van der Waals surface area (Å²) < 4.78 is 22.1. The lowest BCUT2D eigenvalue weighted by atomic mass is 9.94. The number of nitrogens with one attached hydrogen (secondary N) is 2. The van der Waals surface area contributed by atoms with Gasteiger partial charge in [0.05, 0.1) is 50.2 Å². The van der Waals surface area contributed by atoms with E-state index in [4.69, 9.17) is 18.9 Å². The number of likely N-dealkylation sites (N-methyl/N-ethyl adjacent to an activating group) is 2. The monoisotopic (exact) mass is 492 g/mol. The molecule has 2 aromatic carbocycles. The summed E-state index contributed by atoms with van der Waals surface area (Å²) in [6.45, 7) is 0. The molecule has 0 spiro atoms. The highest BCUT2D eigenvalue weighted by atomic mass is 16.5. The first kappa shape index (κ1) is 23.4. The molecule has 0 bridgehead atoms. The smallest absolute Gasteiger partial charge is 0.250 e. The summed E-state index contributed by atoms with van der Waals surface area (Å²) in [6, 6.07) is 5.45. The lowest BCUT2D eigenvalue weighted by molar-refractivity contribution is -0.159. The van der Waals surface area contributed by atoms with Crippen molar-refractivity contribution in [1.82, 2.24) is 19.8 Å². The van der Waals surface area contributed by atoms with Gasteiger partial charge in [-0.05, 0) is 24.3 Å². The van der Waals surface area contributed by atoms with E-state index in [1.165, 1.54) is 9.80 Å². The van der Waals surface area contributed by atoms with Crippen molar-refractivity contribution in [3.8, 4) is 23.0 Å². The minimum atomic E-state index is -0.852. The number of carbonyl (C=O) groups is 2. The standard InChI is InChI=1S/C26H28N4O6/c1-29-23(13-11-27-21-17(35-5)9-7-15(33-3)19(13)21)26(32)30(2)24(25(29)31)14-12-28-22-18(36-6)10-8-16(34-4)20(14)22/h7-12,23-24,27-28H,1-6H3. The molecule has 1 fully saturated rings. The van der Waals surface area contributed by atoms with Gasteiger partial charge in [0.25, 0.3) is 11.8 Å². The van der Waals surface area contributed by atoms with Gasteiger partial charge in [0, 0.05) is 37.6 Å². The molecule has 188 valence electrons. The highest BCUT2D eigenvalue weighted by molar-refractivity contribution is 6.05. The lowest BCUT2D eigenvalue weighted by Gasteiger charge is -2.41. The maximum Gasteiger partial charge on any atom is 0.250 e. The Morgan fingerprint density at radius 2 is 0.944 bits per heavy atom. The van der Waals surface area contributed by atoms with E-state index in [0.29, 0.717) is 55.9 Å². The Morgan fingerprint density at radius 3 is 1.28 bits per heavy atom. The maximum atomic E-state index is 13.9. The zero-order chi connectivity index (χ0) is 25.7. The number of aromatic amines is 2. The van der Waals surface area contributed by atoms with Gasteiger partial charge >= 0.3 is 0 Å². The average molecular weight is 493 g/mol. The van der Waals surface area contributed by atoms with Gasteiger partial charge in [-0.2, -0.15) is 0 Å². The molecule has 5 rings (SSSR count). The van der Waals surface area contributed by atoms with Crippen molar-refractivity contribution in [2.24, 2.45) is 0 Å². The number of benzene rings is 2. The van der Waals surface area contributed by atoms with Crippen LogP contribution in [0.4, 0.5) is 0 Å². The molecule has 1 aliphatic rings. The molecule has 1 saturated heterocycles. The third-order valence-electron chi connectivity index (χ3n) is 6.99. The molecule has 10 heteroatoms. The quantitative estimate of drug-likeness (QED) is 0.427. The van der Waals surface area contributed by atoms with Crippen molar-refractivity contribution in [3.63, 3.8) is 0 Å². The van der Waals surface area contributed by atoms with Gasteiger partial charge < -0.3 is 38.7 Å². The van der Waals surface area contributed by atoms with E-state index >= 15 is 0 Å². The van der Waals surface area contributed by atoms with Crippen molar-refractivity contribution in [2.75, 3.05) is 42.5 Å². The summed E-state index contributed by atoms with van der Waals surface area (Å²) in [5.74, 6) is 1.91. The van der Waals surface area contributed by atoms with Crippen LogP contribution in [0.1, 0.15) is 23.2 Å². The van der Waals surface area contributed by atoms with Crippen molar-refractivity contribution in [3.05, 3.63) is 47.8 Å². The molecule has 2 amide bonds. The van der Waals surface area contributed by atoms with Crippen LogP contribution in [0, 0.1) is 0 Å². The van der Waals surface area contributed by atoms with E-state index in [2.05, 4.69) is 9.97 Å². The molecule has 0 saturated carbocycles. The molecule has 2 N–H and O–H groups in total. The fourth-order valence-corrected chi connectivity index (χ4v) is 5.20. The number of methoxy groups -OCH3 is 4. The Kier molecular flexibility index (Phi) is 5.66. The predicted octanol–water partition coefficient (Wildman–Crippen LogP) is 3.40. The van der Waals surface area contributed by atoms with Crippen LogP contribution in [0.5, 0.6) is 23.0 Å². The Hall–Kier alpha value is -4.34. The summed E-state index contributed by atoms with van der Waals surface area (Å²) in [6.07, 6.45) is 3.46. The lowest BCUT2D eigenvalue weighted by Crippen LogP contribution is -2.54. The van der Waals surface area contributed by atoms with Crippen LogP contribution < -0.4 is 18.9 Å². The van der Waals surface area contributed by atoms with Crippen LogP contribution in [0.3, 0.4) is 0 Å². The Labute approximate surface area is 207 Å². The first-order valence-electron chi connectivity index (χ1n) is 11.3. The fraction of sp³-hybridized carbons (Fsp3) is 0.308. The second-order valence-corrected chi connectivity index (χ2v) is 8.63. The zero-order valence-electron chi connectivity index (χ0n) is 21.0. The normalized spacial score (nSPS) is 18.3. The number of hydrogen-bond donors (Lipinski definition) is 2. The summed E-state index contributed by atoms with van der Waals surface area (Å²) in [4.78, 5) is 37.1. The minimum absolute atomic E-state index is 0.232. The third kappa shape index (κ3) is 3.17. The van der Waals surface area contributed by atoms with Crippen LogP contribution in [0.25, 0.3) is 21.8 Å². The second kappa shape index (κ2) is 8.71. The summed E-state index contributed by atoms with van der Waals surface area (Å²) in [5.41, 5.74) is 2.65. The summed E-state index contributed by atoms with van der Waals surface area (Å²) in [5, 5.41) is 1.39. The number of H-pyrrole nitrogens is 2. The van der Waals surface area contributed by atoms with E-state index in [1.807, 2.05) is 0 Å². The Balaban J connectivity index is 1.63. The molecule has 0 aliphatic carbocycles. The average Bonchev–Trinajstić information content (AvgIpc) is 3.53. The van der Waals surface area contributed by atoms with Crippen LogP contribution >= 0.6 is 0 Å². The molecular weight excluding hydrogens is 464 g/mol. The van der Waals surface area contributed by atoms with Crippen LogP contribution in [0.15, 0.2) is 36.7 Å². The predicted molar refractivity (Wildman–Crippen MR) is 134 cm³/mol. The van der Waals surface area contributed by atoms with Gasteiger partial charge in [-0.1, -0.05) is 0 Å². The number of nitrogens with zero attached hydrogens (tertiary/aromatic N) is 2. The van der Waals surface area contributed by atoms with Gasteiger partial charge in [0.15, 0.2) is 0 Å². The van der Waals surface area contributed by atoms with Crippen LogP contribution in [-0.2, 0) is 9.59 Å². The van der Waals surface area contributed by atoms with Gasteiger partial charge in [-0.25, -0.2) is 0 Å². The van der Waals surface area contributed by atoms with Gasteiger partial charge in [0.2, 0.25) is 0 Å². The highest BCUT2D eigenvalue weighted by Gasteiger charge is 2.46. The largest absolute Gasteiger partial charge is 0.496 e. The highest BCUT2D eigenvalue weighted by Crippen LogP contribution is 2.45. The van der Waals surface area contributed by atoms with Crippen molar-refractivity contribution < 1.29 is 28.5 Å². The summed E-state index contributed by atoms with van der Waals surface area (Å²) in [7, 11) is 9.57. The number of hydrogen-bond acceptors (Lipinski definition) is 6. The van der Waals surface area contributed by atoms with E-state index < -0.39 is 12.1 Å². The third-order valence-corrected chi connectivity index (χ3v) is 6.99. The molecule has 2 aromatic heterocycles. The number of piperazine rings is 1. The molecule has 2 unspecified atom stereocenters. The van der Waals surface area contributed by atoms with Crippen LogP contribution in [0.2, 0.25) is 0 Å². The number of carbonyl (C=O) groups excluding carboxylic acids is 2. The van der Waals surface area contributed by atoms with Gasteiger partial charge in [0.1, 0.15) is 35.1 Å². The summed E-state index contributed by atoms with van der Waals surface area (Å²) >= 11 is 0. The van der Waals surface area contributed by atoms with Crippen LogP contribution in [-0.4, -0.2) is 74.1 Å². The first-order chi connectivity index (χ1) is 17.4. The van der Waals surface area contributed by atoms with E-state index in [-0.39, 0.29) is 11.8 Å². The van der Waals surface area contributed by atoms with E-state index in [1.54, 1.807) is 79.2 Å². The number of aromatic nitrogens is 2. The van der Waals surface area contributed by atoms with E-state index in [9.17, 15) is 9.59 Å². The maximum absolute atomic E-state index is 13.9.